The highest BCUT2D eigenvalue weighted by molar-refractivity contribution is 6.65. The molecule has 0 spiro atoms. The SMILES string of the molecule is CCC[N+](C)(CC(O)CC)[N+](C)(CCC[Si](C)(OC)OC)CC(C)O. The molecule has 4 atom stereocenters. The van der Waals surface area contributed by atoms with Crippen molar-refractivity contribution in [1.29, 1.82) is 0 Å². The van der Waals surface area contributed by atoms with Crippen LogP contribution < -0.4 is 0 Å². The minimum Gasteiger partial charge on any atom is -0.398 e. The first-order valence-corrected chi connectivity index (χ1v) is 12.2. The minimum atomic E-state index is -2.08. The highest BCUT2D eigenvalue weighted by atomic mass is 28.4. The first-order valence-electron chi connectivity index (χ1n) is 9.67. The lowest BCUT2D eigenvalue weighted by Gasteiger charge is -2.50. The van der Waals surface area contributed by atoms with Gasteiger partial charge < -0.3 is 19.1 Å². The van der Waals surface area contributed by atoms with E-state index >= 15 is 0 Å². The van der Waals surface area contributed by atoms with Crippen molar-refractivity contribution in [2.24, 2.45) is 0 Å². The second-order valence-corrected chi connectivity index (χ2v) is 11.6. The molecule has 0 heterocycles. The third-order valence-corrected chi connectivity index (χ3v) is 8.73. The molecule has 25 heavy (non-hydrogen) atoms. The summed E-state index contributed by atoms with van der Waals surface area (Å²) in [4.78, 5) is 0. The summed E-state index contributed by atoms with van der Waals surface area (Å²) in [6.07, 6.45) is 2.08. The van der Waals surface area contributed by atoms with Gasteiger partial charge in [-0.3, -0.25) is 0 Å². The Kier molecular flexibility index (Phi) is 11.0. The van der Waals surface area contributed by atoms with Crippen molar-refractivity contribution in [1.82, 2.24) is 0 Å². The van der Waals surface area contributed by atoms with Crippen LogP contribution in [-0.4, -0.2) is 94.7 Å². The van der Waals surface area contributed by atoms with Gasteiger partial charge in [0.05, 0.1) is 0 Å². The quantitative estimate of drug-likeness (QED) is 0.275. The highest BCUT2D eigenvalue weighted by Crippen LogP contribution is 2.25. The van der Waals surface area contributed by atoms with Gasteiger partial charge in [-0.1, -0.05) is 13.8 Å². The fourth-order valence-electron chi connectivity index (χ4n) is 3.72. The van der Waals surface area contributed by atoms with Gasteiger partial charge in [-0.05, 0) is 32.4 Å². The summed E-state index contributed by atoms with van der Waals surface area (Å²) < 4.78 is 12.7. The Morgan fingerprint density at radius 1 is 0.960 bits per heavy atom. The second kappa shape index (κ2) is 11.0. The number of rotatable bonds is 14. The zero-order chi connectivity index (χ0) is 19.7. The molecule has 4 unspecified atom stereocenters. The molecular weight excluding hydrogens is 336 g/mol. The van der Waals surface area contributed by atoms with E-state index < -0.39 is 8.56 Å². The lowest BCUT2D eigenvalue weighted by atomic mass is 10.2. The molecule has 7 heteroatoms. The summed E-state index contributed by atoms with van der Waals surface area (Å²) in [6.45, 7) is 11.4. The first-order chi connectivity index (χ1) is 11.5. The Balaban J connectivity index is 5.36. The van der Waals surface area contributed by atoms with E-state index in [0.717, 1.165) is 43.0 Å². The zero-order valence-corrected chi connectivity index (χ0v) is 18.9. The van der Waals surface area contributed by atoms with Crippen LogP contribution in [0.5, 0.6) is 0 Å². The van der Waals surface area contributed by atoms with Gasteiger partial charge in [0.15, 0.2) is 0 Å². The van der Waals surface area contributed by atoms with Crippen LogP contribution in [0.1, 0.15) is 40.0 Å². The predicted molar refractivity (Wildman–Crippen MR) is 105 cm³/mol. The van der Waals surface area contributed by atoms with E-state index in [0.29, 0.717) is 17.7 Å². The van der Waals surface area contributed by atoms with Crippen LogP contribution in [0.25, 0.3) is 0 Å². The van der Waals surface area contributed by atoms with Crippen molar-refractivity contribution in [2.45, 2.75) is 64.8 Å². The maximum atomic E-state index is 10.3. The fraction of sp³-hybridized carbons (Fsp3) is 1.00. The lowest BCUT2D eigenvalue weighted by molar-refractivity contribution is -1.48. The molecule has 0 aromatic rings. The topological polar surface area (TPSA) is 58.9 Å². The van der Waals surface area contributed by atoms with Crippen LogP contribution in [0.15, 0.2) is 0 Å². The largest absolute Gasteiger partial charge is 0.398 e. The maximum absolute atomic E-state index is 10.3. The van der Waals surface area contributed by atoms with Gasteiger partial charge in [-0.2, -0.15) is 9.18 Å². The van der Waals surface area contributed by atoms with Crippen LogP contribution in [0.2, 0.25) is 12.6 Å². The van der Waals surface area contributed by atoms with E-state index in [1.807, 2.05) is 13.8 Å². The van der Waals surface area contributed by atoms with Crippen molar-refractivity contribution in [3.8, 4) is 0 Å². The molecular formula is C18H44N2O4Si+2. The van der Waals surface area contributed by atoms with Gasteiger partial charge in [-0.15, -0.1) is 0 Å². The standard InChI is InChI=1S/C18H44N2O4Si/c1-9-12-19(4,16-18(22)10-2)20(5,15-17(3)21)13-11-14-25(8,23-6)24-7/h17-18,21-22H,9-16H2,1-8H3/q+2. The maximum Gasteiger partial charge on any atom is 0.334 e. The third-order valence-electron chi connectivity index (χ3n) is 5.74. The Labute approximate surface area is 156 Å². The van der Waals surface area contributed by atoms with Gasteiger partial charge in [0.25, 0.3) is 0 Å². The van der Waals surface area contributed by atoms with E-state index in [4.69, 9.17) is 8.85 Å². The molecule has 0 fully saturated rings. The smallest absolute Gasteiger partial charge is 0.334 e. The average molecular weight is 381 g/mol. The molecule has 0 bridgehead atoms. The molecule has 0 saturated carbocycles. The fourth-order valence-corrected chi connectivity index (χ4v) is 5.10. The summed E-state index contributed by atoms with van der Waals surface area (Å²) in [7, 11) is 5.81. The van der Waals surface area contributed by atoms with Crippen LogP contribution in [0.3, 0.4) is 0 Å². The first kappa shape index (κ1) is 25.0. The van der Waals surface area contributed by atoms with E-state index in [-0.39, 0.29) is 12.2 Å². The molecule has 0 saturated heterocycles. The van der Waals surface area contributed by atoms with E-state index in [9.17, 15) is 10.2 Å². The molecule has 0 aliphatic rings. The minimum absolute atomic E-state index is 0.319. The van der Waals surface area contributed by atoms with Crippen molar-refractivity contribution < 1.29 is 28.2 Å². The van der Waals surface area contributed by atoms with Crippen molar-refractivity contribution in [3.05, 3.63) is 0 Å². The number of likely N-dealkylation sites (N-methyl/N-ethyl adjacent to an activating group) is 2. The average Bonchev–Trinajstić information content (AvgIpc) is 2.53. The molecule has 0 amide bonds. The van der Waals surface area contributed by atoms with Gasteiger partial charge in [0.2, 0.25) is 0 Å². The van der Waals surface area contributed by atoms with Crippen molar-refractivity contribution >= 4 is 8.56 Å². The Bertz CT molecular complexity index is 369. The van der Waals surface area contributed by atoms with Gasteiger partial charge in [0, 0.05) is 20.6 Å². The molecule has 0 aromatic carbocycles. The van der Waals surface area contributed by atoms with Gasteiger partial charge in [0.1, 0.15) is 52.5 Å². The van der Waals surface area contributed by atoms with E-state index in [1.165, 1.54) is 0 Å². The molecule has 0 aliphatic carbocycles. The van der Waals surface area contributed by atoms with E-state index in [2.05, 4.69) is 27.6 Å². The molecule has 6 nitrogen and oxygen atoms in total. The Morgan fingerprint density at radius 2 is 1.48 bits per heavy atom. The van der Waals surface area contributed by atoms with Crippen LogP contribution in [0, 0.1) is 0 Å². The van der Waals surface area contributed by atoms with Crippen LogP contribution >= 0.6 is 0 Å². The Hall–Kier alpha value is -0.0231. The summed E-state index contributed by atoms with van der Waals surface area (Å²) >= 11 is 0. The summed E-state index contributed by atoms with van der Waals surface area (Å²) in [5, 5.41) is 20.5. The van der Waals surface area contributed by atoms with Crippen molar-refractivity contribution in [2.75, 3.05) is 54.5 Å². The van der Waals surface area contributed by atoms with Crippen molar-refractivity contribution in [3.63, 3.8) is 0 Å². The molecule has 2 N–H and O–H groups in total. The Morgan fingerprint density at radius 3 is 1.88 bits per heavy atom. The molecule has 0 rings (SSSR count). The predicted octanol–water partition coefficient (Wildman–Crippen LogP) is 2.11. The summed E-state index contributed by atoms with van der Waals surface area (Å²) in [5.41, 5.74) is 0. The lowest BCUT2D eigenvalue weighted by Crippen LogP contribution is -2.72. The van der Waals surface area contributed by atoms with Crippen LogP contribution in [-0.2, 0) is 8.85 Å². The third kappa shape index (κ3) is 7.62. The monoisotopic (exact) mass is 380 g/mol. The number of aliphatic hydroxyl groups is 2. The zero-order valence-electron chi connectivity index (χ0n) is 17.9. The second-order valence-electron chi connectivity index (χ2n) is 8.05. The van der Waals surface area contributed by atoms with E-state index in [1.54, 1.807) is 14.2 Å². The molecule has 0 radical (unpaired) electrons. The highest BCUT2D eigenvalue weighted by Gasteiger charge is 2.45. The summed E-state index contributed by atoms with van der Waals surface area (Å²) in [6, 6.07) is 0.927. The molecule has 0 aromatic heterocycles. The number of hydrogen-bond donors (Lipinski definition) is 2. The molecule has 152 valence electrons. The number of nitrogens with zero attached hydrogens (tertiary/aromatic N) is 2. The number of aliphatic hydroxyl groups excluding tert-OH is 2. The number of hydrogen-bond acceptors (Lipinski definition) is 4. The normalized spacial score (nSPS) is 19.9. The molecule has 0 aliphatic heterocycles. The number of quaternary nitrogens is 2. The van der Waals surface area contributed by atoms with Gasteiger partial charge in [-0.25, -0.2) is 0 Å². The van der Waals surface area contributed by atoms with Crippen LogP contribution in [0.4, 0.5) is 0 Å². The van der Waals surface area contributed by atoms with Gasteiger partial charge >= 0.3 is 8.56 Å². The summed E-state index contributed by atoms with van der Waals surface area (Å²) in [5.74, 6) is 0.